The highest BCUT2D eigenvalue weighted by Gasteiger charge is 2.32. The minimum Gasteiger partial charge on any atom is -0.444 e. The van der Waals surface area contributed by atoms with Crippen molar-refractivity contribution in [3.63, 3.8) is 0 Å². The summed E-state index contributed by atoms with van der Waals surface area (Å²) in [4.78, 5) is 24.1. The second-order valence-electron chi connectivity index (χ2n) is 6.53. The zero-order valence-electron chi connectivity index (χ0n) is 13.5. The number of likely N-dealkylation sites (tertiary alicyclic amines) is 1. The van der Waals surface area contributed by atoms with E-state index in [-0.39, 0.29) is 17.4 Å². The monoisotopic (exact) mass is 326 g/mol. The largest absolute Gasteiger partial charge is 0.444 e. The van der Waals surface area contributed by atoms with E-state index < -0.39 is 5.60 Å². The van der Waals surface area contributed by atoms with Gasteiger partial charge in [0.25, 0.3) is 0 Å². The van der Waals surface area contributed by atoms with Crippen LogP contribution < -0.4 is 4.90 Å². The second kappa shape index (κ2) is 6.69. The molecule has 1 aromatic rings. The summed E-state index contributed by atoms with van der Waals surface area (Å²) < 4.78 is 5.48. The molecule has 2 rings (SSSR count). The number of aromatic nitrogens is 2. The Morgan fingerprint density at radius 3 is 2.91 bits per heavy atom. The normalized spacial score (nSPS) is 18.4. The van der Waals surface area contributed by atoms with Crippen LogP contribution in [0.25, 0.3) is 0 Å². The number of hydrogen-bond donors (Lipinski definition) is 0. The summed E-state index contributed by atoms with van der Waals surface area (Å²) in [7, 11) is 1.93. The predicted molar refractivity (Wildman–Crippen MR) is 86.3 cm³/mol. The minimum atomic E-state index is -0.476. The number of carbonyl (C=O) groups excluding carboxylic acids is 1. The van der Waals surface area contributed by atoms with Gasteiger partial charge < -0.3 is 14.5 Å². The molecule has 7 heteroatoms. The Balaban J connectivity index is 2.00. The average molecular weight is 327 g/mol. The summed E-state index contributed by atoms with van der Waals surface area (Å²) in [6.07, 6.45) is 3.33. The van der Waals surface area contributed by atoms with E-state index in [0.717, 1.165) is 25.2 Å². The summed E-state index contributed by atoms with van der Waals surface area (Å²) in [6.45, 7) is 7.06. The third kappa shape index (κ3) is 4.47. The SMILES string of the molecule is CN(C[C@H]1CCCN1C(=O)OC(C)(C)C)c1ccnc(Cl)n1. The van der Waals surface area contributed by atoms with Gasteiger partial charge in [0.05, 0.1) is 6.04 Å². The van der Waals surface area contributed by atoms with E-state index in [1.54, 1.807) is 12.3 Å². The van der Waals surface area contributed by atoms with E-state index in [1.807, 2.05) is 37.6 Å². The van der Waals surface area contributed by atoms with E-state index in [2.05, 4.69) is 9.97 Å². The van der Waals surface area contributed by atoms with Crippen molar-refractivity contribution in [3.8, 4) is 0 Å². The third-order valence-electron chi connectivity index (χ3n) is 3.49. The van der Waals surface area contributed by atoms with Gasteiger partial charge in [0.15, 0.2) is 0 Å². The van der Waals surface area contributed by atoms with E-state index in [1.165, 1.54) is 0 Å². The van der Waals surface area contributed by atoms with Gasteiger partial charge in [0.2, 0.25) is 5.28 Å². The van der Waals surface area contributed by atoms with Crippen LogP contribution in [0.5, 0.6) is 0 Å². The molecule has 1 saturated heterocycles. The molecule has 0 radical (unpaired) electrons. The predicted octanol–water partition coefficient (Wildman–Crippen LogP) is 2.97. The van der Waals surface area contributed by atoms with Crippen molar-refractivity contribution < 1.29 is 9.53 Å². The first-order valence-corrected chi connectivity index (χ1v) is 7.83. The van der Waals surface area contributed by atoms with Crippen LogP contribution >= 0.6 is 11.6 Å². The molecule has 0 aliphatic carbocycles. The standard InChI is InChI=1S/C15H23ClN4O2/c1-15(2,3)22-14(21)20-9-5-6-11(20)10-19(4)12-7-8-17-13(16)18-12/h7-8,11H,5-6,9-10H2,1-4H3/t11-/m1/s1. The van der Waals surface area contributed by atoms with Crippen molar-refractivity contribution in [1.29, 1.82) is 0 Å². The van der Waals surface area contributed by atoms with Gasteiger partial charge in [-0.2, -0.15) is 0 Å². The molecule has 6 nitrogen and oxygen atoms in total. The van der Waals surface area contributed by atoms with Crippen molar-refractivity contribution in [3.05, 3.63) is 17.5 Å². The quantitative estimate of drug-likeness (QED) is 0.799. The summed E-state index contributed by atoms with van der Waals surface area (Å²) in [6, 6.07) is 1.92. The zero-order chi connectivity index (χ0) is 16.3. The van der Waals surface area contributed by atoms with Crippen LogP contribution in [0, 0.1) is 0 Å². The fraction of sp³-hybridized carbons (Fsp3) is 0.667. The van der Waals surface area contributed by atoms with E-state index in [4.69, 9.17) is 16.3 Å². The first kappa shape index (κ1) is 16.8. The highest BCUT2D eigenvalue weighted by Crippen LogP contribution is 2.22. The Kier molecular flexibility index (Phi) is 5.11. The maximum Gasteiger partial charge on any atom is 0.410 e. The molecule has 1 fully saturated rings. The van der Waals surface area contributed by atoms with Crippen molar-refractivity contribution in [2.75, 3.05) is 25.0 Å². The minimum absolute atomic E-state index is 0.119. The molecule has 0 aromatic carbocycles. The number of likely N-dealkylation sites (N-methyl/N-ethyl adjacent to an activating group) is 1. The molecule has 122 valence electrons. The molecule has 2 heterocycles. The van der Waals surface area contributed by atoms with Gasteiger partial charge >= 0.3 is 6.09 Å². The van der Waals surface area contributed by atoms with Gasteiger partial charge in [-0.1, -0.05) is 0 Å². The first-order chi connectivity index (χ1) is 10.3. The molecular formula is C15H23ClN4O2. The third-order valence-corrected chi connectivity index (χ3v) is 3.67. The molecule has 1 aliphatic rings. The number of nitrogens with zero attached hydrogens (tertiary/aromatic N) is 4. The molecule has 0 bridgehead atoms. The lowest BCUT2D eigenvalue weighted by Gasteiger charge is -2.31. The zero-order valence-corrected chi connectivity index (χ0v) is 14.3. The highest BCUT2D eigenvalue weighted by molar-refractivity contribution is 6.28. The van der Waals surface area contributed by atoms with Gasteiger partial charge in [-0.25, -0.2) is 14.8 Å². The fourth-order valence-electron chi connectivity index (χ4n) is 2.53. The number of rotatable bonds is 3. The van der Waals surface area contributed by atoms with Crippen LogP contribution in [0.3, 0.4) is 0 Å². The first-order valence-electron chi connectivity index (χ1n) is 7.45. The Morgan fingerprint density at radius 2 is 2.27 bits per heavy atom. The van der Waals surface area contributed by atoms with Crippen molar-refractivity contribution in [2.45, 2.75) is 45.3 Å². The van der Waals surface area contributed by atoms with Crippen LogP contribution in [-0.4, -0.2) is 52.7 Å². The Hall–Kier alpha value is -1.56. The Morgan fingerprint density at radius 1 is 1.55 bits per heavy atom. The number of anilines is 1. The molecule has 1 aromatic heterocycles. The van der Waals surface area contributed by atoms with Crippen molar-refractivity contribution in [1.82, 2.24) is 14.9 Å². The lowest BCUT2D eigenvalue weighted by Crippen LogP contribution is -2.44. The number of ether oxygens (including phenoxy) is 1. The summed E-state index contributed by atoms with van der Waals surface area (Å²) in [5, 5.41) is 0.222. The van der Waals surface area contributed by atoms with Gasteiger partial charge in [-0.15, -0.1) is 0 Å². The number of halogens is 1. The molecule has 22 heavy (non-hydrogen) atoms. The summed E-state index contributed by atoms with van der Waals surface area (Å²) in [5.41, 5.74) is -0.476. The van der Waals surface area contributed by atoms with Crippen molar-refractivity contribution >= 4 is 23.5 Å². The smallest absolute Gasteiger partial charge is 0.410 e. The highest BCUT2D eigenvalue weighted by atomic mass is 35.5. The molecule has 0 unspecified atom stereocenters. The Labute approximate surface area is 136 Å². The average Bonchev–Trinajstić information content (AvgIpc) is 2.85. The summed E-state index contributed by atoms with van der Waals surface area (Å²) >= 11 is 5.82. The maximum absolute atomic E-state index is 12.3. The molecule has 0 spiro atoms. The second-order valence-corrected chi connectivity index (χ2v) is 6.87. The molecule has 0 saturated carbocycles. The topological polar surface area (TPSA) is 58.6 Å². The van der Waals surface area contributed by atoms with Crippen LogP contribution in [0.2, 0.25) is 5.28 Å². The van der Waals surface area contributed by atoms with Gasteiger partial charge in [-0.3, -0.25) is 0 Å². The maximum atomic E-state index is 12.3. The molecule has 0 N–H and O–H groups in total. The molecule has 1 aliphatic heterocycles. The summed E-state index contributed by atoms with van der Waals surface area (Å²) in [5.74, 6) is 0.746. The van der Waals surface area contributed by atoms with Gasteiger partial charge in [0, 0.05) is 26.3 Å². The van der Waals surface area contributed by atoms with E-state index >= 15 is 0 Å². The van der Waals surface area contributed by atoms with Gasteiger partial charge in [0.1, 0.15) is 11.4 Å². The van der Waals surface area contributed by atoms with Crippen LogP contribution in [0.1, 0.15) is 33.6 Å². The number of amides is 1. The van der Waals surface area contributed by atoms with Crippen LogP contribution in [-0.2, 0) is 4.74 Å². The Bertz CT molecular complexity index is 533. The number of carbonyl (C=O) groups is 1. The van der Waals surface area contributed by atoms with Crippen LogP contribution in [0.15, 0.2) is 12.3 Å². The van der Waals surface area contributed by atoms with Crippen molar-refractivity contribution in [2.24, 2.45) is 0 Å². The molecule has 1 amide bonds. The lowest BCUT2D eigenvalue weighted by atomic mass is 10.2. The number of hydrogen-bond acceptors (Lipinski definition) is 5. The van der Waals surface area contributed by atoms with E-state index in [0.29, 0.717) is 6.54 Å². The fourth-order valence-corrected chi connectivity index (χ4v) is 2.68. The lowest BCUT2D eigenvalue weighted by molar-refractivity contribution is 0.0232. The van der Waals surface area contributed by atoms with E-state index in [9.17, 15) is 4.79 Å². The van der Waals surface area contributed by atoms with Gasteiger partial charge in [-0.05, 0) is 51.3 Å². The van der Waals surface area contributed by atoms with Crippen LogP contribution in [0.4, 0.5) is 10.6 Å². The molecule has 1 atom stereocenters. The molecular weight excluding hydrogens is 304 g/mol.